The number of benzene rings is 1. The molecular formula is C20H29N3O3. The third-order valence-electron chi connectivity index (χ3n) is 4.88. The Balaban J connectivity index is 1.54. The second-order valence-corrected chi connectivity index (χ2v) is 8.29. The summed E-state index contributed by atoms with van der Waals surface area (Å²) in [6.07, 6.45) is -0.137. The Morgan fingerprint density at radius 1 is 1.35 bits per heavy atom. The van der Waals surface area contributed by atoms with Crippen molar-refractivity contribution in [1.82, 2.24) is 10.2 Å². The molecule has 2 fully saturated rings. The molecule has 3 atom stereocenters. The van der Waals surface area contributed by atoms with Crippen molar-refractivity contribution in [1.29, 1.82) is 5.26 Å². The van der Waals surface area contributed by atoms with Gasteiger partial charge in [-0.25, -0.2) is 0 Å². The molecule has 3 rings (SSSR count). The van der Waals surface area contributed by atoms with Gasteiger partial charge in [0.15, 0.2) is 0 Å². The van der Waals surface area contributed by atoms with E-state index in [1.807, 2.05) is 6.07 Å². The predicted octanol–water partition coefficient (Wildman–Crippen LogP) is 1.27. The van der Waals surface area contributed by atoms with Crippen molar-refractivity contribution < 1.29 is 14.6 Å². The van der Waals surface area contributed by atoms with Gasteiger partial charge in [0.05, 0.1) is 23.8 Å². The topological polar surface area (TPSA) is 77.8 Å². The minimum Gasteiger partial charge on any atom is -0.491 e. The molecule has 1 aromatic rings. The van der Waals surface area contributed by atoms with Gasteiger partial charge in [-0.15, -0.1) is 0 Å². The van der Waals surface area contributed by atoms with Crippen LogP contribution in [-0.2, 0) is 10.2 Å². The summed E-state index contributed by atoms with van der Waals surface area (Å²) in [5, 5.41) is 23.0. The summed E-state index contributed by atoms with van der Waals surface area (Å²) in [6, 6.07) is 7.74. The molecule has 0 amide bonds. The van der Waals surface area contributed by atoms with Crippen LogP contribution in [0.3, 0.4) is 0 Å². The van der Waals surface area contributed by atoms with Crippen molar-refractivity contribution >= 4 is 0 Å². The maximum absolute atomic E-state index is 10.4. The van der Waals surface area contributed by atoms with Gasteiger partial charge >= 0.3 is 0 Å². The molecule has 2 N–H and O–H groups in total. The van der Waals surface area contributed by atoms with E-state index in [1.165, 1.54) is 0 Å². The standard InChI is InChI=1S/C20H29N3O3/c1-20(2,3)19-6-16(5-4-14(19)7-21)25-13-15(24)10-23-11-17-8-22-9-18(12-23)26-17/h4-6,15,17-18,22,24H,8-13H2,1-3H3/t15-,17?,18?/m0/s1. The number of hydrogen-bond acceptors (Lipinski definition) is 6. The van der Waals surface area contributed by atoms with E-state index < -0.39 is 6.10 Å². The summed E-state index contributed by atoms with van der Waals surface area (Å²) < 4.78 is 11.7. The van der Waals surface area contributed by atoms with Crippen molar-refractivity contribution in [2.45, 2.75) is 44.5 Å². The fraction of sp³-hybridized carbons (Fsp3) is 0.650. The lowest BCUT2D eigenvalue weighted by atomic mass is 9.84. The Morgan fingerprint density at radius 2 is 2.04 bits per heavy atom. The largest absolute Gasteiger partial charge is 0.491 e. The first-order valence-corrected chi connectivity index (χ1v) is 9.29. The molecule has 2 bridgehead atoms. The van der Waals surface area contributed by atoms with Crippen LogP contribution < -0.4 is 10.1 Å². The number of morpholine rings is 2. The number of nitrogens with zero attached hydrogens (tertiary/aromatic N) is 2. The highest BCUT2D eigenvalue weighted by Gasteiger charge is 2.31. The molecule has 2 unspecified atom stereocenters. The zero-order valence-corrected chi connectivity index (χ0v) is 15.9. The minimum atomic E-state index is -0.560. The molecule has 2 saturated heterocycles. The van der Waals surface area contributed by atoms with Crippen molar-refractivity contribution in [3.63, 3.8) is 0 Å². The van der Waals surface area contributed by atoms with Gasteiger partial charge in [0, 0.05) is 32.7 Å². The van der Waals surface area contributed by atoms with Crippen molar-refractivity contribution in [3.8, 4) is 11.8 Å². The molecule has 2 heterocycles. The maximum atomic E-state index is 10.4. The van der Waals surface area contributed by atoms with Crippen LogP contribution in [0.5, 0.6) is 5.75 Å². The van der Waals surface area contributed by atoms with Crippen LogP contribution >= 0.6 is 0 Å². The fourth-order valence-electron chi connectivity index (χ4n) is 3.66. The first-order valence-electron chi connectivity index (χ1n) is 9.29. The molecule has 0 aromatic heterocycles. The molecule has 0 aliphatic carbocycles. The normalized spacial score (nSPS) is 24.7. The van der Waals surface area contributed by atoms with Crippen LogP contribution in [0.15, 0.2) is 18.2 Å². The zero-order valence-electron chi connectivity index (χ0n) is 15.9. The molecule has 6 heteroatoms. The number of fused-ring (bicyclic) bond motifs is 2. The number of rotatable bonds is 5. The first kappa shape index (κ1) is 19.1. The second-order valence-electron chi connectivity index (χ2n) is 8.29. The molecule has 142 valence electrons. The Hall–Kier alpha value is -1.65. The molecule has 2 aliphatic rings. The second kappa shape index (κ2) is 7.93. The maximum Gasteiger partial charge on any atom is 0.119 e. The van der Waals surface area contributed by atoms with Gasteiger partial charge in [0.2, 0.25) is 0 Å². The van der Waals surface area contributed by atoms with E-state index in [9.17, 15) is 10.4 Å². The van der Waals surface area contributed by atoms with Crippen molar-refractivity contribution in [2.75, 3.05) is 39.3 Å². The lowest BCUT2D eigenvalue weighted by molar-refractivity contribution is -0.110. The summed E-state index contributed by atoms with van der Waals surface area (Å²) >= 11 is 0. The van der Waals surface area contributed by atoms with Crippen LogP contribution in [0.4, 0.5) is 0 Å². The Labute approximate surface area is 155 Å². The smallest absolute Gasteiger partial charge is 0.119 e. The zero-order chi connectivity index (χ0) is 18.7. The van der Waals surface area contributed by atoms with Crippen molar-refractivity contribution in [3.05, 3.63) is 29.3 Å². The number of aliphatic hydroxyl groups excluding tert-OH is 1. The minimum absolute atomic E-state index is 0.136. The van der Waals surface area contributed by atoms with E-state index in [0.717, 1.165) is 31.7 Å². The summed E-state index contributed by atoms with van der Waals surface area (Å²) in [5.74, 6) is 0.691. The average molecular weight is 359 g/mol. The average Bonchev–Trinajstić information content (AvgIpc) is 2.58. The number of hydrogen-bond donors (Lipinski definition) is 2. The van der Waals surface area contributed by atoms with E-state index in [1.54, 1.807) is 12.1 Å². The van der Waals surface area contributed by atoms with E-state index in [-0.39, 0.29) is 24.2 Å². The fourth-order valence-corrected chi connectivity index (χ4v) is 3.66. The van der Waals surface area contributed by atoms with E-state index in [0.29, 0.717) is 17.9 Å². The quantitative estimate of drug-likeness (QED) is 0.824. The Kier molecular flexibility index (Phi) is 5.83. The van der Waals surface area contributed by atoms with Crippen molar-refractivity contribution in [2.24, 2.45) is 0 Å². The molecule has 26 heavy (non-hydrogen) atoms. The van der Waals surface area contributed by atoms with E-state index >= 15 is 0 Å². The van der Waals surface area contributed by atoms with Crippen LogP contribution in [0.1, 0.15) is 31.9 Å². The van der Waals surface area contributed by atoms with Gasteiger partial charge in [0.1, 0.15) is 18.5 Å². The van der Waals surface area contributed by atoms with E-state index in [2.05, 4.69) is 37.1 Å². The SMILES string of the molecule is CC(C)(C)c1cc(OC[C@@H](O)CN2CC3CNCC(C2)O3)ccc1C#N. The Bertz CT molecular complexity index is 653. The summed E-state index contributed by atoms with van der Waals surface area (Å²) in [4.78, 5) is 2.26. The highest BCUT2D eigenvalue weighted by Crippen LogP contribution is 2.29. The Morgan fingerprint density at radius 3 is 2.65 bits per heavy atom. The third kappa shape index (κ3) is 4.74. The number of aliphatic hydroxyl groups is 1. The summed E-state index contributed by atoms with van der Waals surface area (Å²) in [7, 11) is 0. The number of nitrogens with one attached hydrogen (secondary N) is 1. The third-order valence-corrected chi connectivity index (χ3v) is 4.88. The highest BCUT2D eigenvalue weighted by atomic mass is 16.5. The lowest BCUT2D eigenvalue weighted by Crippen LogP contribution is -2.59. The van der Waals surface area contributed by atoms with Gasteiger partial charge in [-0.05, 0) is 29.2 Å². The molecule has 0 spiro atoms. The van der Waals surface area contributed by atoms with Crippen LogP contribution in [0, 0.1) is 11.3 Å². The van der Waals surface area contributed by atoms with Gasteiger partial charge in [0.25, 0.3) is 0 Å². The summed E-state index contributed by atoms with van der Waals surface area (Å²) in [5.41, 5.74) is 1.49. The van der Waals surface area contributed by atoms with E-state index in [4.69, 9.17) is 9.47 Å². The van der Waals surface area contributed by atoms with Gasteiger partial charge < -0.3 is 19.9 Å². The number of β-amino-alcohol motifs (C(OH)–C–C–N with tert-alkyl or cyclic N) is 1. The van der Waals surface area contributed by atoms with Gasteiger partial charge in [-0.3, -0.25) is 4.90 Å². The van der Waals surface area contributed by atoms with Crippen LogP contribution in [0.25, 0.3) is 0 Å². The summed E-state index contributed by atoms with van der Waals surface area (Å²) in [6.45, 7) is 10.5. The molecule has 0 saturated carbocycles. The van der Waals surface area contributed by atoms with Gasteiger partial charge in [-0.1, -0.05) is 20.8 Å². The molecular weight excluding hydrogens is 330 g/mol. The van der Waals surface area contributed by atoms with Crippen LogP contribution in [-0.4, -0.2) is 67.6 Å². The van der Waals surface area contributed by atoms with Crippen LogP contribution in [0.2, 0.25) is 0 Å². The monoisotopic (exact) mass is 359 g/mol. The van der Waals surface area contributed by atoms with Gasteiger partial charge in [-0.2, -0.15) is 5.26 Å². The first-order chi connectivity index (χ1) is 12.3. The number of ether oxygens (including phenoxy) is 2. The number of nitriles is 1. The highest BCUT2D eigenvalue weighted by molar-refractivity contribution is 5.46. The molecule has 1 aromatic carbocycles. The molecule has 2 aliphatic heterocycles. The predicted molar refractivity (Wildman–Crippen MR) is 99.3 cm³/mol. The molecule has 0 radical (unpaired) electrons. The lowest BCUT2D eigenvalue weighted by Gasteiger charge is -2.42. The molecule has 6 nitrogen and oxygen atoms in total.